The molecule has 0 aromatic heterocycles. The Kier molecular flexibility index (Phi) is 3.49. The molecule has 1 atom stereocenters. The number of benzene rings is 1. The summed E-state index contributed by atoms with van der Waals surface area (Å²) in [7, 11) is 1.55. The number of carbonyl (C=O) groups is 1. The van der Waals surface area contributed by atoms with Crippen LogP contribution in [0.1, 0.15) is 12.8 Å². The Bertz CT molecular complexity index is 414. The molecule has 0 aliphatic carbocycles. The van der Waals surface area contributed by atoms with E-state index in [0.717, 1.165) is 12.8 Å². The molecule has 1 aliphatic rings. The van der Waals surface area contributed by atoms with Crippen LogP contribution in [0.3, 0.4) is 0 Å². The molecule has 0 radical (unpaired) electrons. The van der Waals surface area contributed by atoms with Gasteiger partial charge < -0.3 is 20.5 Å². The number of nitrogens with two attached hydrogens (primary N) is 1. The van der Waals surface area contributed by atoms with Gasteiger partial charge in [-0.05, 0) is 31.0 Å². The number of carbonyl (C=O) groups excluding carboxylic acids is 1. The van der Waals surface area contributed by atoms with Crippen molar-refractivity contribution in [3.63, 3.8) is 0 Å². The molecule has 1 heterocycles. The van der Waals surface area contributed by atoms with E-state index in [1.165, 1.54) is 0 Å². The summed E-state index contributed by atoms with van der Waals surface area (Å²) in [6, 6.07) is 5.12. The van der Waals surface area contributed by atoms with Crippen molar-refractivity contribution in [2.75, 3.05) is 24.8 Å². The van der Waals surface area contributed by atoms with Crippen LogP contribution in [0.25, 0.3) is 0 Å². The second-order valence-electron chi connectivity index (χ2n) is 3.95. The molecule has 0 spiro atoms. The molecule has 0 unspecified atom stereocenters. The molecule has 2 rings (SSSR count). The maximum absolute atomic E-state index is 11.9. The fourth-order valence-electron chi connectivity index (χ4n) is 1.82. The standard InChI is InChI=1S/C12H16N2O3/c1-16-10-5-4-8(13)7-9(10)14-12(15)11-3-2-6-17-11/h4-5,7,11H,2-3,6,13H2,1H3,(H,14,15)/t11-/m0/s1. The average Bonchev–Trinajstić information content (AvgIpc) is 2.83. The van der Waals surface area contributed by atoms with Gasteiger partial charge >= 0.3 is 0 Å². The van der Waals surface area contributed by atoms with Crippen LogP contribution in [0.15, 0.2) is 18.2 Å². The fourth-order valence-corrected chi connectivity index (χ4v) is 1.82. The predicted molar refractivity (Wildman–Crippen MR) is 65.0 cm³/mol. The van der Waals surface area contributed by atoms with Crippen LogP contribution >= 0.6 is 0 Å². The Hall–Kier alpha value is -1.75. The zero-order chi connectivity index (χ0) is 12.3. The van der Waals surface area contributed by atoms with E-state index in [-0.39, 0.29) is 12.0 Å². The third kappa shape index (κ3) is 2.68. The monoisotopic (exact) mass is 236 g/mol. The molecule has 0 saturated carbocycles. The molecule has 3 N–H and O–H groups in total. The lowest BCUT2D eigenvalue weighted by Crippen LogP contribution is -2.27. The Balaban J connectivity index is 2.11. The van der Waals surface area contributed by atoms with E-state index < -0.39 is 0 Å². The number of rotatable bonds is 3. The van der Waals surface area contributed by atoms with Crippen molar-refractivity contribution in [3.05, 3.63) is 18.2 Å². The first-order chi connectivity index (χ1) is 8.20. The largest absolute Gasteiger partial charge is 0.495 e. The van der Waals surface area contributed by atoms with E-state index in [1.54, 1.807) is 25.3 Å². The smallest absolute Gasteiger partial charge is 0.253 e. The van der Waals surface area contributed by atoms with Crippen molar-refractivity contribution in [1.29, 1.82) is 0 Å². The Labute approximate surface area is 99.9 Å². The van der Waals surface area contributed by atoms with E-state index >= 15 is 0 Å². The van der Waals surface area contributed by atoms with Gasteiger partial charge in [0.25, 0.3) is 5.91 Å². The van der Waals surface area contributed by atoms with Crippen molar-refractivity contribution >= 4 is 17.3 Å². The van der Waals surface area contributed by atoms with Crippen LogP contribution < -0.4 is 15.8 Å². The lowest BCUT2D eigenvalue weighted by atomic mass is 10.2. The van der Waals surface area contributed by atoms with E-state index in [9.17, 15) is 4.79 Å². The van der Waals surface area contributed by atoms with Gasteiger partial charge in [0.15, 0.2) is 0 Å². The zero-order valence-electron chi connectivity index (χ0n) is 9.73. The fraction of sp³-hybridized carbons (Fsp3) is 0.417. The van der Waals surface area contributed by atoms with Gasteiger partial charge in [0.1, 0.15) is 11.9 Å². The van der Waals surface area contributed by atoms with Crippen molar-refractivity contribution in [3.8, 4) is 5.75 Å². The Morgan fingerprint density at radius 3 is 3.06 bits per heavy atom. The molecule has 1 aromatic carbocycles. The first kappa shape index (κ1) is 11.7. The van der Waals surface area contributed by atoms with Crippen LogP contribution in [-0.4, -0.2) is 25.7 Å². The topological polar surface area (TPSA) is 73.6 Å². The lowest BCUT2D eigenvalue weighted by molar-refractivity contribution is -0.124. The number of ether oxygens (including phenoxy) is 2. The number of methoxy groups -OCH3 is 1. The minimum atomic E-state index is -0.360. The quantitative estimate of drug-likeness (QED) is 0.778. The highest BCUT2D eigenvalue weighted by molar-refractivity contribution is 5.96. The van der Waals surface area contributed by atoms with Crippen LogP contribution in [0.2, 0.25) is 0 Å². The zero-order valence-corrected chi connectivity index (χ0v) is 9.73. The van der Waals surface area contributed by atoms with Crippen LogP contribution in [0.4, 0.5) is 11.4 Å². The van der Waals surface area contributed by atoms with Gasteiger partial charge in [-0.1, -0.05) is 0 Å². The number of amides is 1. The summed E-state index contributed by atoms with van der Waals surface area (Å²) in [5, 5.41) is 2.78. The van der Waals surface area contributed by atoms with Crippen molar-refractivity contribution in [2.45, 2.75) is 18.9 Å². The third-order valence-electron chi connectivity index (χ3n) is 2.70. The first-order valence-electron chi connectivity index (χ1n) is 5.56. The molecule has 5 nitrogen and oxygen atoms in total. The molecule has 0 bridgehead atoms. The summed E-state index contributed by atoms with van der Waals surface area (Å²) in [4.78, 5) is 11.9. The molecule has 1 aliphatic heterocycles. The molecular formula is C12H16N2O3. The highest BCUT2D eigenvalue weighted by Crippen LogP contribution is 2.27. The second kappa shape index (κ2) is 5.05. The van der Waals surface area contributed by atoms with Crippen molar-refractivity contribution < 1.29 is 14.3 Å². The molecule has 5 heteroatoms. The summed E-state index contributed by atoms with van der Waals surface area (Å²) in [5.74, 6) is 0.442. The van der Waals surface area contributed by atoms with Gasteiger partial charge in [-0.2, -0.15) is 0 Å². The summed E-state index contributed by atoms with van der Waals surface area (Å²) in [6.07, 6.45) is 1.32. The lowest BCUT2D eigenvalue weighted by Gasteiger charge is -2.13. The average molecular weight is 236 g/mol. The van der Waals surface area contributed by atoms with E-state index in [0.29, 0.717) is 23.7 Å². The van der Waals surface area contributed by atoms with Gasteiger partial charge in [-0.25, -0.2) is 0 Å². The summed E-state index contributed by atoms with van der Waals surface area (Å²) < 4.78 is 10.5. The van der Waals surface area contributed by atoms with E-state index in [4.69, 9.17) is 15.2 Å². The predicted octanol–water partition coefficient (Wildman–Crippen LogP) is 1.39. The highest BCUT2D eigenvalue weighted by Gasteiger charge is 2.24. The number of nitrogens with one attached hydrogen (secondary N) is 1. The third-order valence-corrected chi connectivity index (χ3v) is 2.70. The SMILES string of the molecule is COc1ccc(N)cc1NC(=O)[C@@H]1CCCO1. The summed E-state index contributed by atoms with van der Waals surface area (Å²) in [5.41, 5.74) is 6.83. The molecule has 17 heavy (non-hydrogen) atoms. The van der Waals surface area contributed by atoms with Gasteiger partial charge in [0.05, 0.1) is 12.8 Å². The maximum Gasteiger partial charge on any atom is 0.253 e. The summed E-state index contributed by atoms with van der Waals surface area (Å²) >= 11 is 0. The van der Waals surface area contributed by atoms with Gasteiger partial charge in [0, 0.05) is 12.3 Å². The van der Waals surface area contributed by atoms with Gasteiger partial charge in [0.2, 0.25) is 0 Å². The highest BCUT2D eigenvalue weighted by atomic mass is 16.5. The number of nitrogen functional groups attached to an aromatic ring is 1. The number of anilines is 2. The number of hydrogen-bond donors (Lipinski definition) is 2. The second-order valence-corrected chi connectivity index (χ2v) is 3.95. The molecule has 1 aromatic rings. The first-order valence-corrected chi connectivity index (χ1v) is 5.56. The van der Waals surface area contributed by atoms with Crippen molar-refractivity contribution in [1.82, 2.24) is 0 Å². The minimum absolute atomic E-state index is 0.147. The molecule has 1 fully saturated rings. The normalized spacial score (nSPS) is 19.0. The molecule has 92 valence electrons. The van der Waals surface area contributed by atoms with Crippen LogP contribution in [-0.2, 0) is 9.53 Å². The van der Waals surface area contributed by atoms with Gasteiger partial charge in [-0.15, -0.1) is 0 Å². The van der Waals surface area contributed by atoms with Crippen molar-refractivity contribution in [2.24, 2.45) is 0 Å². The summed E-state index contributed by atoms with van der Waals surface area (Å²) in [6.45, 7) is 0.645. The Morgan fingerprint density at radius 1 is 1.59 bits per heavy atom. The van der Waals surface area contributed by atoms with Gasteiger partial charge in [-0.3, -0.25) is 4.79 Å². The van der Waals surface area contributed by atoms with Crippen LogP contribution in [0.5, 0.6) is 5.75 Å². The Morgan fingerprint density at radius 2 is 2.41 bits per heavy atom. The molecule has 1 amide bonds. The van der Waals surface area contributed by atoms with E-state index in [1.807, 2.05) is 0 Å². The number of hydrogen-bond acceptors (Lipinski definition) is 4. The minimum Gasteiger partial charge on any atom is -0.495 e. The maximum atomic E-state index is 11.9. The molecule has 1 saturated heterocycles. The van der Waals surface area contributed by atoms with E-state index in [2.05, 4.69) is 5.32 Å². The molecular weight excluding hydrogens is 220 g/mol. The van der Waals surface area contributed by atoms with Crippen LogP contribution in [0, 0.1) is 0 Å².